The number of halogens is 1. The first-order valence-electron chi connectivity index (χ1n) is 8.42. The zero-order valence-electron chi connectivity index (χ0n) is 14.1. The maximum Gasteiger partial charge on any atom is 0.254 e. The van der Waals surface area contributed by atoms with Crippen LogP contribution in [0.25, 0.3) is 0 Å². The van der Waals surface area contributed by atoms with Crippen LogP contribution in [0.15, 0.2) is 30.3 Å². The fraction of sp³-hybridized carbons (Fsp3) is 0.556. The highest BCUT2D eigenvalue weighted by Gasteiger charge is 2.48. The van der Waals surface area contributed by atoms with Crippen molar-refractivity contribution in [2.45, 2.75) is 31.7 Å². The van der Waals surface area contributed by atoms with Gasteiger partial charge in [0.1, 0.15) is 5.54 Å². The van der Waals surface area contributed by atoms with E-state index in [9.17, 15) is 9.59 Å². The van der Waals surface area contributed by atoms with Gasteiger partial charge in [-0.15, -0.1) is 12.4 Å². The molecule has 2 aliphatic heterocycles. The van der Waals surface area contributed by atoms with E-state index in [0.29, 0.717) is 24.6 Å². The van der Waals surface area contributed by atoms with Crippen molar-refractivity contribution in [1.29, 1.82) is 0 Å². The van der Waals surface area contributed by atoms with Crippen molar-refractivity contribution in [3.63, 3.8) is 0 Å². The summed E-state index contributed by atoms with van der Waals surface area (Å²) in [7, 11) is 0. The van der Waals surface area contributed by atoms with Gasteiger partial charge in [0.25, 0.3) is 5.91 Å². The van der Waals surface area contributed by atoms with Crippen LogP contribution in [0, 0.1) is 5.92 Å². The molecule has 1 aromatic rings. The molecular formula is C18H26ClN3O2. The molecular weight excluding hydrogens is 326 g/mol. The molecule has 132 valence electrons. The number of rotatable bonds is 3. The maximum absolute atomic E-state index is 13.1. The van der Waals surface area contributed by atoms with E-state index in [4.69, 9.17) is 5.73 Å². The minimum Gasteiger partial charge on any atom is -0.340 e. The third-order valence-electron chi connectivity index (χ3n) is 5.27. The Balaban J connectivity index is 0.00000208. The number of amides is 2. The molecule has 0 aromatic heterocycles. The van der Waals surface area contributed by atoms with Crippen LogP contribution in [0.2, 0.25) is 0 Å². The molecule has 0 bridgehead atoms. The van der Waals surface area contributed by atoms with E-state index in [-0.39, 0.29) is 24.2 Å². The summed E-state index contributed by atoms with van der Waals surface area (Å²) in [5, 5.41) is 0. The summed E-state index contributed by atoms with van der Waals surface area (Å²) in [6.07, 6.45) is 2.56. The first-order valence-corrected chi connectivity index (χ1v) is 8.42. The molecule has 1 aromatic carbocycles. The summed E-state index contributed by atoms with van der Waals surface area (Å²) >= 11 is 0. The van der Waals surface area contributed by atoms with Crippen molar-refractivity contribution in [3.05, 3.63) is 35.9 Å². The van der Waals surface area contributed by atoms with Gasteiger partial charge in [0.2, 0.25) is 5.91 Å². The van der Waals surface area contributed by atoms with E-state index >= 15 is 0 Å². The summed E-state index contributed by atoms with van der Waals surface area (Å²) < 4.78 is 0. The zero-order chi connectivity index (χ0) is 16.4. The number of hydrogen-bond acceptors (Lipinski definition) is 3. The van der Waals surface area contributed by atoms with Crippen LogP contribution in [-0.4, -0.2) is 53.3 Å². The second kappa shape index (κ2) is 7.53. The highest BCUT2D eigenvalue weighted by Crippen LogP contribution is 2.33. The molecule has 2 heterocycles. The topological polar surface area (TPSA) is 66.6 Å². The smallest absolute Gasteiger partial charge is 0.254 e. The number of carbonyl (C=O) groups is 2. The van der Waals surface area contributed by atoms with Gasteiger partial charge in [0.15, 0.2) is 0 Å². The molecule has 0 spiro atoms. The number of carbonyl (C=O) groups excluding carboxylic acids is 2. The molecule has 6 heteroatoms. The molecule has 2 atom stereocenters. The van der Waals surface area contributed by atoms with Gasteiger partial charge in [-0.05, 0) is 50.8 Å². The van der Waals surface area contributed by atoms with Gasteiger partial charge in [-0.2, -0.15) is 0 Å². The van der Waals surface area contributed by atoms with Gasteiger partial charge in [0, 0.05) is 25.2 Å². The SMILES string of the molecule is CC1(C(=O)N2CCC(CN)C2)CCCN1C(=O)c1ccccc1.Cl. The standard InChI is InChI=1S/C18H25N3O2.ClH/c1-18(17(23)20-11-8-14(12-19)13-20)9-5-10-21(18)16(22)15-6-3-2-4-7-15;/h2-4,6-7,14H,5,8-13,19H2,1H3;1H. The Morgan fingerprint density at radius 3 is 2.58 bits per heavy atom. The Kier molecular flexibility index (Phi) is 5.88. The lowest BCUT2D eigenvalue weighted by atomic mass is 9.96. The molecule has 24 heavy (non-hydrogen) atoms. The lowest BCUT2D eigenvalue weighted by Gasteiger charge is -2.37. The van der Waals surface area contributed by atoms with E-state index < -0.39 is 5.54 Å². The largest absolute Gasteiger partial charge is 0.340 e. The number of nitrogens with zero attached hydrogens (tertiary/aromatic N) is 2. The molecule has 3 rings (SSSR count). The van der Waals surface area contributed by atoms with Crippen molar-refractivity contribution in [2.24, 2.45) is 11.7 Å². The summed E-state index contributed by atoms with van der Waals surface area (Å²) in [4.78, 5) is 29.6. The van der Waals surface area contributed by atoms with Crippen molar-refractivity contribution >= 4 is 24.2 Å². The molecule has 2 saturated heterocycles. The van der Waals surface area contributed by atoms with Crippen LogP contribution in [0.1, 0.15) is 36.5 Å². The van der Waals surface area contributed by atoms with E-state index in [0.717, 1.165) is 32.4 Å². The molecule has 2 unspecified atom stereocenters. The zero-order valence-corrected chi connectivity index (χ0v) is 14.9. The first kappa shape index (κ1) is 18.7. The number of benzene rings is 1. The molecule has 0 radical (unpaired) electrons. The van der Waals surface area contributed by atoms with Gasteiger partial charge in [-0.3, -0.25) is 9.59 Å². The van der Waals surface area contributed by atoms with Gasteiger partial charge < -0.3 is 15.5 Å². The van der Waals surface area contributed by atoms with Gasteiger partial charge >= 0.3 is 0 Å². The predicted molar refractivity (Wildman–Crippen MR) is 96.1 cm³/mol. The molecule has 2 fully saturated rings. The monoisotopic (exact) mass is 351 g/mol. The summed E-state index contributed by atoms with van der Waals surface area (Å²) in [5.41, 5.74) is 5.65. The molecule has 0 aliphatic carbocycles. The molecule has 5 nitrogen and oxygen atoms in total. The Bertz CT molecular complexity index is 595. The van der Waals surface area contributed by atoms with Crippen LogP contribution >= 0.6 is 12.4 Å². The molecule has 0 saturated carbocycles. The minimum atomic E-state index is -0.726. The highest BCUT2D eigenvalue weighted by molar-refractivity contribution is 5.99. The summed E-state index contributed by atoms with van der Waals surface area (Å²) in [6.45, 7) is 4.65. The average molecular weight is 352 g/mol. The van der Waals surface area contributed by atoms with Gasteiger partial charge in [-0.25, -0.2) is 0 Å². The average Bonchev–Trinajstić information content (AvgIpc) is 3.21. The van der Waals surface area contributed by atoms with Gasteiger partial charge in [-0.1, -0.05) is 18.2 Å². The van der Waals surface area contributed by atoms with Gasteiger partial charge in [0.05, 0.1) is 0 Å². The van der Waals surface area contributed by atoms with Crippen LogP contribution in [-0.2, 0) is 4.79 Å². The second-order valence-corrected chi connectivity index (χ2v) is 6.84. The fourth-order valence-electron chi connectivity index (χ4n) is 3.80. The summed E-state index contributed by atoms with van der Waals surface area (Å²) in [5.74, 6) is 0.422. The molecule has 2 N–H and O–H groups in total. The van der Waals surface area contributed by atoms with Crippen molar-refractivity contribution in [2.75, 3.05) is 26.2 Å². The van der Waals surface area contributed by atoms with Crippen LogP contribution in [0.4, 0.5) is 0 Å². The third kappa shape index (κ3) is 3.28. The van der Waals surface area contributed by atoms with E-state index in [1.807, 2.05) is 42.2 Å². The summed E-state index contributed by atoms with van der Waals surface area (Å²) in [6, 6.07) is 9.23. The van der Waals surface area contributed by atoms with Crippen molar-refractivity contribution in [3.8, 4) is 0 Å². The third-order valence-corrected chi connectivity index (χ3v) is 5.27. The lowest BCUT2D eigenvalue weighted by Crippen LogP contribution is -2.56. The Hall–Kier alpha value is -1.59. The normalized spacial score (nSPS) is 26.3. The number of likely N-dealkylation sites (tertiary alicyclic amines) is 2. The van der Waals surface area contributed by atoms with Crippen molar-refractivity contribution in [1.82, 2.24) is 9.80 Å². The fourth-order valence-corrected chi connectivity index (χ4v) is 3.80. The van der Waals surface area contributed by atoms with E-state index in [1.54, 1.807) is 4.90 Å². The Morgan fingerprint density at radius 2 is 1.96 bits per heavy atom. The predicted octanol–water partition coefficient (Wildman–Crippen LogP) is 1.91. The molecule has 2 aliphatic rings. The molecule has 2 amide bonds. The number of hydrogen-bond donors (Lipinski definition) is 1. The minimum absolute atomic E-state index is 0. The first-order chi connectivity index (χ1) is 11.1. The maximum atomic E-state index is 13.1. The highest BCUT2D eigenvalue weighted by atomic mass is 35.5. The van der Waals surface area contributed by atoms with Crippen LogP contribution in [0.3, 0.4) is 0 Å². The quantitative estimate of drug-likeness (QED) is 0.904. The lowest BCUT2D eigenvalue weighted by molar-refractivity contribution is -0.139. The Morgan fingerprint density at radius 1 is 1.25 bits per heavy atom. The second-order valence-electron chi connectivity index (χ2n) is 6.84. The van der Waals surface area contributed by atoms with Crippen LogP contribution < -0.4 is 5.73 Å². The van der Waals surface area contributed by atoms with E-state index in [2.05, 4.69) is 0 Å². The Labute approximate surface area is 149 Å². The number of nitrogens with two attached hydrogens (primary N) is 1. The van der Waals surface area contributed by atoms with E-state index in [1.165, 1.54) is 0 Å². The van der Waals surface area contributed by atoms with Crippen LogP contribution in [0.5, 0.6) is 0 Å². The van der Waals surface area contributed by atoms with Crippen molar-refractivity contribution < 1.29 is 9.59 Å².